The fraction of sp³-hybridized carbons (Fsp3) is 0.133. The van der Waals surface area contributed by atoms with Gasteiger partial charge >= 0.3 is 5.97 Å². The van der Waals surface area contributed by atoms with Gasteiger partial charge in [-0.1, -0.05) is 30.1 Å². The number of aryl methyl sites for hydroxylation is 1. The van der Waals surface area contributed by atoms with Crippen LogP contribution in [-0.4, -0.2) is 16.1 Å². The third kappa shape index (κ3) is 3.15. The van der Waals surface area contributed by atoms with E-state index in [1.165, 1.54) is 24.3 Å². The summed E-state index contributed by atoms with van der Waals surface area (Å²) in [6, 6.07) is 5.28. The van der Waals surface area contributed by atoms with Gasteiger partial charge in [0, 0.05) is 5.69 Å². The highest BCUT2D eigenvalue weighted by Gasteiger charge is 2.20. The van der Waals surface area contributed by atoms with Gasteiger partial charge in [0.05, 0.1) is 5.02 Å². The summed E-state index contributed by atoms with van der Waals surface area (Å²) in [5.41, 5.74) is 1.03. The molecule has 0 atom stereocenters. The fourth-order valence-electron chi connectivity index (χ4n) is 1.92. The monoisotopic (exact) mass is 319 g/mol. The zero-order chi connectivity index (χ0) is 16.3. The topological polar surface area (TPSA) is 66.6 Å². The van der Waals surface area contributed by atoms with Crippen LogP contribution >= 0.6 is 11.6 Å². The molecule has 0 unspecified atom stereocenters. The lowest BCUT2D eigenvalue weighted by Crippen LogP contribution is -2.06. The summed E-state index contributed by atoms with van der Waals surface area (Å²) in [5, 5.41) is 12.0. The Morgan fingerprint density at radius 1 is 1.50 bits per heavy atom. The molecule has 0 saturated heterocycles. The zero-order valence-electron chi connectivity index (χ0n) is 11.5. The van der Waals surface area contributed by atoms with Crippen molar-refractivity contribution in [1.82, 2.24) is 4.98 Å². The first kappa shape index (κ1) is 15.7. The molecule has 0 aliphatic carbocycles. The van der Waals surface area contributed by atoms with E-state index in [0.717, 1.165) is 0 Å². The second-order valence-electron chi connectivity index (χ2n) is 4.39. The van der Waals surface area contributed by atoms with Gasteiger partial charge in [0.1, 0.15) is 11.4 Å². The zero-order valence-corrected chi connectivity index (χ0v) is 12.3. The van der Waals surface area contributed by atoms with Gasteiger partial charge in [-0.2, -0.15) is 0 Å². The predicted octanol–water partition coefficient (Wildman–Crippen LogP) is 4.43. The summed E-state index contributed by atoms with van der Waals surface area (Å²) in [4.78, 5) is 18.4. The molecule has 7 heteroatoms. The molecular weight excluding hydrogens is 309 g/mol. The van der Waals surface area contributed by atoms with Crippen molar-refractivity contribution in [1.29, 1.82) is 0 Å². The minimum atomic E-state index is -1.23. The summed E-state index contributed by atoms with van der Waals surface area (Å²) in [6.07, 6.45) is 0.547. The largest absolute Gasteiger partial charge is 0.477 e. The van der Waals surface area contributed by atoms with Crippen LogP contribution in [0.2, 0.25) is 5.02 Å². The molecule has 1 aromatic heterocycles. The number of carbonyl (C=O) groups is 1. The Labute approximate surface area is 131 Å². The van der Waals surface area contributed by atoms with E-state index in [1.807, 2.05) is 6.92 Å². The number of pyridine rings is 1. The highest BCUT2D eigenvalue weighted by molar-refractivity contribution is 6.33. The van der Waals surface area contributed by atoms with Crippen molar-refractivity contribution in [3.05, 3.63) is 57.6 Å². The SMILES string of the molecule is [C-]#[N+]c1nc(Nc2ccc(F)cc2CC)c(C(=O)O)cc1Cl. The third-order valence-corrected chi connectivity index (χ3v) is 3.27. The molecule has 1 aromatic carbocycles. The van der Waals surface area contributed by atoms with Crippen LogP contribution in [0.15, 0.2) is 24.3 Å². The van der Waals surface area contributed by atoms with E-state index in [4.69, 9.17) is 18.2 Å². The molecule has 0 aliphatic rings. The Hall–Kier alpha value is -2.65. The van der Waals surface area contributed by atoms with Gasteiger partial charge in [0.15, 0.2) is 0 Å². The van der Waals surface area contributed by atoms with Crippen molar-refractivity contribution in [3.8, 4) is 0 Å². The van der Waals surface area contributed by atoms with Crippen LogP contribution in [0.25, 0.3) is 4.85 Å². The molecule has 22 heavy (non-hydrogen) atoms. The molecule has 0 saturated carbocycles. The van der Waals surface area contributed by atoms with Crippen LogP contribution in [0.4, 0.5) is 21.7 Å². The number of rotatable bonds is 4. The predicted molar refractivity (Wildman–Crippen MR) is 81.5 cm³/mol. The first-order chi connectivity index (χ1) is 10.5. The summed E-state index contributed by atoms with van der Waals surface area (Å²) in [5.74, 6) is -1.72. The molecule has 2 N–H and O–H groups in total. The number of carboxylic acids is 1. The Morgan fingerprint density at radius 3 is 2.82 bits per heavy atom. The highest BCUT2D eigenvalue weighted by Crippen LogP contribution is 2.30. The lowest BCUT2D eigenvalue weighted by Gasteiger charge is -2.11. The summed E-state index contributed by atoms with van der Waals surface area (Å²) >= 11 is 5.81. The number of benzene rings is 1. The number of hydrogen-bond acceptors (Lipinski definition) is 3. The second-order valence-corrected chi connectivity index (χ2v) is 4.79. The van der Waals surface area contributed by atoms with E-state index in [0.29, 0.717) is 17.7 Å². The first-order valence-electron chi connectivity index (χ1n) is 6.33. The van der Waals surface area contributed by atoms with Gasteiger partial charge in [-0.05, 0) is 36.2 Å². The quantitative estimate of drug-likeness (QED) is 0.818. The second kappa shape index (κ2) is 6.41. The Morgan fingerprint density at radius 2 is 2.23 bits per heavy atom. The van der Waals surface area contributed by atoms with E-state index in [-0.39, 0.29) is 28.0 Å². The maximum atomic E-state index is 13.3. The van der Waals surface area contributed by atoms with Gasteiger partial charge in [-0.3, -0.25) is 0 Å². The van der Waals surface area contributed by atoms with Crippen molar-refractivity contribution < 1.29 is 14.3 Å². The molecule has 0 aliphatic heterocycles. The molecule has 112 valence electrons. The van der Waals surface area contributed by atoms with Crippen LogP contribution < -0.4 is 5.32 Å². The van der Waals surface area contributed by atoms with Crippen molar-refractivity contribution in [2.75, 3.05) is 5.32 Å². The maximum Gasteiger partial charge on any atom is 0.341 e. The smallest absolute Gasteiger partial charge is 0.341 e. The van der Waals surface area contributed by atoms with E-state index >= 15 is 0 Å². The van der Waals surface area contributed by atoms with Crippen LogP contribution in [0.1, 0.15) is 22.8 Å². The summed E-state index contributed by atoms with van der Waals surface area (Å²) in [6.45, 7) is 8.84. The Bertz CT molecular complexity index is 787. The molecule has 0 radical (unpaired) electrons. The first-order valence-corrected chi connectivity index (χ1v) is 6.70. The minimum Gasteiger partial charge on any atom is -0.477 e. The molecule has 2 rings (SSSR count). The third-order valence-electron chi connectivity index (χ3n) is 3.00. The molecule has 2 aromatic rings. The van der Waals surface area contributed by atoms with Gasteiger partial charge < -0.3 is 15.3 Å². The van der Waals surface area contributed by atoms with Gasteiger partial charge in [-0.15, -0.1) is 0 Å². The van der Waals surface area contributed by atoms with Gasteiger partial charge in [-0.25, -0.2) is 9.18 Å². The normalized spacial score (nSPS) is 10.1. The van der Waals surface area contributed by atoms with Crippen molar-refractivity contribution in [2.45, 2.75) is 13.3 Å². The van der Waals surface area contributed by atoms with Crippen molar-refractivity contribution >= 4 is 34.9 Å². The van der Waals surface area contributed by atoms with Gasteiger partial charge in [0.2, 0.25) is 5.82 Å². The summed E-state index contributed by atoms with van der Waals surface area (Å²) in [7, 11) is 0. The average molecular weight is 320 g/mol. The molecule has 5 nitrogen and oxygen atoms in total. The van der Waals surface area contributed by atoms with Crippen LogP contribution in [0.5, 0.6) is 0 Å². The molecular formula is C15H11ClFN3O2. The number of hydrogen-bond donors (Lipinski definition) is 2. The standard InChI is InChI=1S/C15H11ClFN3O2/c1-3-8-6-9(17)4-5-12(8)19-13-10(15(21)22)7-11(16)14(18-2)20-13/h4-7H,3H2,1H3,(H,19,20)(H,21,22). The van der Waals surface area contributed by atoms with Crippen LogP contribution in [0.3, 0.4) is 0 Å². The molecule has 0 fully saturated rings. The lowest BCUT2D eigenvalue weighted by atomic mass is 10.1. The van der Waals surface area contributed by atoms with E-state index in [9.17, 15) is 14.3 Å². The average Bonchev–Trinajstić information content (AvgIpc) is 2.49. The number of halogens is 2. The minimum absolute atomic E-state index is 0.00999. The van der Waals surface area contributed by atoms with E-state index < -0.39 is 5.97 Å². The number of aromatic nitrogens is 1. The molecule has 0 amide bonds. The summed E-state index contributed by atoms with van der Waals surface area (Å²) < 4.78 is 13.3. The number of nitrogens with zero attached hydrogens (tertiary/aromatic N) is 2. The van der Waals surface area contributed by atoms with Crippen LogP contribution in [-0.2, 0) is 6.42 Å². The van der Waals surface area contributed by atoms with Crippen LogP contribution in [0, 0.1) is 12.4 Å². The number of carboxylic acid groups (broad SMARTS) is 1. The Kier molecular flexibility index (Phi) is 4.59. The molecule has 0 spiro atoms. The lowest BCUT2D eigenvalue weighted by molar-refractivity contribution is 0.0697. The maximum absolute atomic E-state index is 13.3. The number of nitrogens with one attached hydrogen (secondary N) is 1. The fourth-order valence-corrected chi connectivity index (χ4v) is 2.11. The molecule has 1 heterocycles. The van der Waals surface area contributed by atoms with Crippen molar-refractivity contribution in [2.24, 2.45) is 0 Å². The van der Waals surface area contributed by atoms with E-state index in [1.54, 1.807) is 0 Å². The van der Waals surface area contributed by atoms with Crippen molar-refractivity contribution in [3.63, 3.8) is 0 Å². The Balaban J connectivity index is 2.53. The number of aromatic carboxylic acids is 1. The van der Waals surface area contributed by atoms with Gasteiger partial charge in [0.25, 0.3) is 5.82 Å². The highest BCUT2D eigenvalue weighted by atomic mass is 35.5. The van der Waals surface area contributed by atoms with E-state index in [2.05, 4.69) is 15.1 Å². The number of anilines is 2. The molecule has 0 bridgehead atoms.